The summed E-state index contributed by atoms with van der Waals surface area (Å²) in [6, 6.07) is 21.2. The van der Waals surface area contributed by atoms with Crippen LogP contribution >= 0.6 is 11.3 Å². The minimum Gasteiger partial charge on any atom is -0.253 e. The van der Waals surface area contributed by atoms with Gasteiger partial charge in [0.1, 0.15) is 0 Å². The summed E-state index contributed by atoms with van der Waals surface area (Å²) in [5.74, 6) is 0.254. The minimum atomic E-state index is 0.254. The van der Waals surface area contributed by atoms with Crippen LogP contribution < -0.4 is 0 Å². The van der Waals surface area contributed by atoms with Crippen LogP contribution in [-0.2, 0) is 0 Å². The van der Waals surface area contributed by atoms with Crippen molar-refractivity contribution in [1.82, 2.24) is 4.98 Å². The molecular weight excluding hydrogens is 336 g/mol. The molecule has 1 heterocycles. The monoisotopic (exact) mass is 354 g/mol. The van der Waals surface area contributed by atoms with Gasteiger partial charge in [-0.1, -0.05) is 49.4 Å². The second kappa shape index (κ2) is 6.74. The summed E-state index contributed by atoms with van der Waals surface area (Å²) in [4.78, 5) is 5.44. The van der Waals surface area contributed by atoms with E-state index in [1.165, 1.54) is 26.8 Å². The molecular formula is C23H18N2S. The molecule has 3 aromatic carbocycles. The molecule has 0 saturated heterocycles. The highest BCUT2D eigenvalue weighted by Crippen LogP contribution is 2.37. The van der Waals surface area contributed by atoms with Crippen LogP contribution in [0, 0.1) is 18.3 Å². The van der Waals surface area contributed by atoms with E-state index in [-0.39, 0.29) is 5.92 Å². The topological polar surface area (TPSA) is 36.7 Å². The van der Waals surface area contributed by atoms with E-state index in [4.69, 9.17) is 0 Å². The summed E-state index contributed by atoms with van der Waals surface area (Å²) < 4.78 is 0. The van der Waals surface area contributed by atoms with Crippen LogP contribution in [0.4, 0.5) is 0 Å². The van der Waals surface area contributed by atoms with Gasteiger partial charge in [0, 0.05) is 22.6 Å². The second-order valence-electron chi connectivity index (χ2n) is 6.52. The van der Waals surface area contributed by atoms with Crippen molar-refractivity contribution in [3.05, 3.63) is 87.9 Å². The van der Waals surface area contributed by atoms with Crippen molar-refractivity contribution in [2.24, 2.45) is 0 Å². The van der Waals surface area contributed by atoms with Gasteiger partial charge in [0.15, 0.2) is 0 Å². The van der Waals surface area contributed by atoms with Gasteiger partial charge in [0.25, 0.3) is 0 Å². The van der Waals surface area contributed by atoms with E-state index in [1.807, 2.05) is 17.8 Å². The molecule has 2 nitrogen and oxygen atoms in total. The molecule has 4 aromatic rings. The van der Waals surface area contributed by atoms with Crippen molar-refractivity contribution >= 4 is 22.1 Å². The molecule has 0 amide bonds. The van der Waals surface area contributed by atoms with Gasteiger partial charge < -0.3 is 0 Å². The third-order valence-electron chi connectivity index (χ3n) is 4.95. The number of benzene rings is 3. The fourth-order valence-corrected chi connectivity index (χ4v) is 4.18. The number of rotatable bonds is 3. The van der Waals surface area contributed by atoms with Gasteiger partial charge in [-0.25, -0.2) is 0 Å². The minimum absolute atomic E-state index is 0.254. The molecule has 0 radical (unpaired) electrons. The molecule has 0 aliphatic heterocycles. The largest absolute Gasteiger partial charge is 0.253 e. The van der Waals surface area contributed by atoms with E-state index >= 15 is 0 Å². The Morgan fingerprint density at radius 2 is 1.92 bits per heavy atom. The first kappa shape index (κ1) is 16.5. The van der Waals surface area contributed by atoms with Gasteiger partial charge in [0.2, 0.25) is 0 Å². The molecule has 26 heavy (non-hydrogen) atoms. The molecule has 126 valence electrons. The number of aromatic nitrogens is 1. The lowest BCUT2D eigenvalue weighted by Gasteiger charge is -2.16. The Labute approximate surface area is 157 Å². The van der Waals surface area contributed by atoms with Crippen LogP contribution in [0.5, 0.6) is 0 Å². The van der Waals surface area contributed by atoms with Gasteiger partial charge in [-0.05, 0) is 46.5 Å². The highest BCUT2D eigenvalue weighted by atomic mass is 32.1. The zero-order valence-electron chi connectivity index (χ0n) is 14.7. The lowest BCUT2D eigenvalue weighted by Crippen LogP contribution is -1.97. The van der Waals surface area contributed by atoms with Crippen LogP contribution in [0.25, 0.3) is 21.9 Å². The van der Waals surface area contributed by atoms with Crippen LogP contribution in [0.15, 0.2) is 66.3 Å². The summed E-state index contributed by atoms with van der Waals surface area (Å²) in [5.41, 5.74) is 7.13. The molecule has 4 rings (SSSR count). The number of nitriles is 1. The summed E-state index contributed by atoms with van der Waals surface area (Å²) in [6.07, 6.45) is 1.93. The van der Waals surface area contributed by atoms with Crippen molar-refractivity contribution < 1.29 is 0 Å². The molecule has 3 heteroatoms. The number of nitrogens with zero attached hydrogens (tertiary/aromatic N) is 2. The number of hydrogen-bond acceptors (Lipinski definition) is 3. The fourth-order valence-electron chi connectivity index (χ4n) is 3.48. The molecule has 0 aliphatic carbocycles. The number of hydrogen-bond donors (Lipinski definition) is 0. The smallest absolute Gasteiger partial charge is 0.0998 e. The van der Waals surface area contributed by atoms with E-state index in [1.54, 1.807) is 11.3 Å². The maximum Gasteiger partial charge on any atom is 0.0998 e. The van der Waals surface area contributed by atoms with Crippen LogP contribution in [0.2, 0.25) is 0 Å². The van der Waals surface area contributed by atoms with Crippen molar-refractivity contribution in [2.75, 3.05) is 0 Å². The average Bonchev–Trinajstić information content (AvgIpc) is 3.21. The first-order chi connectivity index (χ1) is 12.7. The molecule has 0 saturated carbocycles. The standard InChI is InChI=1S/C23H18N2S/c1-15-7-8-17-5-3-4-6-20(17)23(15)21-11-18(9-10-19(21)12-24)16(2)22-13-25-14-26-22/h3-11,13-14,16H,1-2H3. The SMILES string of the molecule is Cc1ccc2ccccc2c1-c1cc(C(C)c2cncs2)ccc1C#N. The Balaban J connectivity index is 1.96. The first-order valence-electron chi connectivity index (χ1n) is 8.60. The zero-order chi connectivity index (χ0) is 18.1. The predicted octanol–water partition coefficient (Wildman–Crippen LogP) is 6.30. The van der Waals surface area contributed by atoms with Gasteiger partial charge in [-0.15, -0.1) is 11.3 Å². The lowest BCUT2D eigenvalue weighted by atomic mass is 9.88. The normalized spacial score (nSPS) is 12.0. The predicted molar refractivity (Wildman–Crippen MR) is 108 cm³/mol. The second-order valence-corrected chi connectivity index (χ2v) is 7.44. The Morgan fingerprint density at radius 1 is 1.08 bits per heavy atom. The van der Waals surface area contributed by atoms with Crippen LogP contribution in [-0.4, -0.2) is 4.98 Å². The molecule has 1 atom stereocenters. The summed E-state index contributed by atoms with van der Waals surface area (Å²) in [5, 5.41) is 12.1. The third-order valence-corrected chi connectivity index (χ3v) is 5.91. The number of thiazole rings is 1. The van der Waals surface area contributed by atoms with Crippen LogP contribution in [0.1, 0.15) is 34.4 Å². The first-order valence-corrected chi connectivity index (χ1v) is 9.48. The molecule has 1 unspecified atom stereocenters. The zero-order valence-corrected chi connectivity index (χ0v) is 15.5. The maximum absolute atomic E-state index is 9.70. The molecule has 1 aromatic heterocycles. The highest BCUT2D eigenvalue weighted by molar-refractivity contribution is 7.09. The van der Waals surface area contributed by atoms with E-state index in [9.17, 15) is 5.26 Å². The number of fused-ring (bicyclic) bond motifs is 1. The molecule has 0 bridgehead atoms. The number of aryl methyl sites for hydroxylation is 1. The lowest BCUT2D eigenvalue weighted by molar-refractivity contribution is 0.942. The highest BCUT2D eigenvalue weighted by Gasteiger charge is 2.16. The molecule has 0 aliphatic rings. The van der Waals surface area contributed by atoms with Gasteiger partial charge in [-0.2, -0.15) is 5.26 Å². The van der Waals surface area contributed by atoms with Crippen molar-refractivity contribution in [1.29, 1.82) is 5.26 Å². The Morgan fingerprint density at radius 3 is 2.69 bits per heavy atom. The van der Waals surface area contributed by atoms with Crippen molar-refractivity contribution in [3.8, 4) is 17.2 Å². The van der Waals surface area contributed by atoms with E-state index in [0.717, 1.165) is 11.1 Å². The van der Waals surface area contributed by atoms with E-state index in [0.29, 0.717) is 5.56 Å². The van der Waals surface area contributed by atoms with Crippen molar-refractivity contribution in [3.63, 3.8) is 0 Å². The van der Waals surface area contributed by atoms with Crippen LogP contribution in [0.3, 0.4) is 0 Å². The Kier molecular flexibility index (Phi) is 4.28. The third kappa shape index (κ3) is 2.79. The molecule has 0 fully saturated rings. The van der Waals surface area contributed by atoms with E-state index in [2.05, 4.69) is 73.4 Å². The summed E-state index contributed by atoms with van der Waals surface area (Å²) >= 11 is 1.67. The van der Waals surface area contributed by atoms with Gasteiger partial charge >= 0.3 is 0 Å². The summed E-state index contributed by atoms with van der Waals surface area (Å²) in [7, 11) is 0. The average molecular weight is 354 g/mol. The van der Waals surface area contributed by atoms with Gasteiger partial charge in [0.05, 0.1) is 17.1 Å². The van der Waals surface area contributed by atoms with E-state index < -0.39 is 0 Å². The molecule has 0 spiro atoms. The summed E-state index contributed by atoms with van der Waals surface area (Å²) in [6.45, 7) is 4.30. The Hall–Kier alpha value is -2.96. The van der Waals surface area contributed by atoms with Gasteiger partial charge in [-0.3, -0.25) is 4.98 Å². The fraction of sp³-hybridized carbons (Fsp3) is 0.130. The Bertz CT molecular complexity index is 1120. The van der Waals surface area contributed by atoms with Crippen molar-refractivity contribution in [2.45, 2.75) is 19.8 Å². The quantitative estimate of drug-likeness (QED) is 0.433. The molecule has 0 N–H and O–H groups in total. The maximum atomic E-state index is 9.70.